The van der Waals surface area contributed by atoms with Crippen molar-refractivity contribution in [3.8, 4) is 5.75 Å². The third-order valence-corrected chi connectivity index (χ3v) is 2.88. The first-order chi connectivity index (χ1) is 10.4. The van der Waals surface area contributed by atoms with E-state index in [0.717, 1.165) is 6.07 Å². The summed E-state index contributed by atoms with van der Waals surface area (Å²) >= 11 is 0. The van der Waals surface area contributed by atoms with E-state index in [0.29, 0.717) is 5.69 Å². The zero-order valence-electron chi connectivity index (χ0n) is 12.3. The van der Waals surface area contributed by atoms with Crippen molar-refractivity contribution in [1.82, 2.24) is 5.16 Å². The summed E-state index contributed by atoms with van der Waals surface area (Å²) in [4.78, 5) is 23.1. The lowest BCUT2D eigenvalue weighted by atomic mass is 10.1. The molecule has 2 aromatic rings. The molecule has 0 saturated carbocycles. The highest BCUT2D eigenvalue weighted by Gasteiger charge is 2.18. The summed E-state index contributed by atoms with van der Waals surface area (Å²) in [7, 11) is 0. The van der Waals surface area contributed by atoms with Crippen LogP contribution in [0, 0.1) is 12.7 Å². The third kappa shape index (κ3) is 3.69. The molecule has 0 aliphatic carbocycles. The lowest BCUT2D eigenvalue weighted by Crippen LogP contribution is -2.30. The molecule has 2 rings (SSSR count). The summed E-state index contributed by atoms with van der Waals surface area (Å²) < 4.78 is 23.9. The number of nitrogens with zero attached hydrogens (tertiary/aromatic N) is 1. The van der Waals surface area contributed by atoms with E-state index in [4.69, 9.17) is 9.26 Å². The van der Waals surface area contributed by atoms with Gasteiger partial charge in [-0.15, -0.1) is 0 Å². The van der Waals surface area contributed by atoms with Crippen molar-refractivity contribution >= 4 is 17.6 Å². The quantitative estimate of drug-likeness (QED) is 0.859. The van der Waals surface area contributed by atoms with Gasteiger partial charge in [-0.1, -0.05) is 5.16 Å². The first-order valence-corrected chi connectivity index (χ1v) is 6.58. The zero-order chi connectivity index (χ0) is 16.3. The number of hydrogen-bond acceptors (Lipinski definition) is 5. The van der Waals surface area contributed by atoms with E-state index in [1.165, 1.54) is 26.0 Å². The van der Waals surface area contributed by atoms with Crippen LogP contribution in [-0.4, -0.2) is 23.0 Å². The fraction of sp³-hybridized carbons (Fsp3) is 0.267. The van der Waals surface area contributed by atoms with Gasteiger partial charge in [0.15, 0.2) is 11.9 Å². The summed E-state index contributed by atoms with van der Waals surface area (Å²) in [5.41, 5.74) is 0.604. The molecule has 1 atom stereocenters. The minimum absolute atomic E-state index is 0.0263. The van der Waals surface area contributed by atoms with E-state index in [-0.39, 0.29) is 23.0 Å². The maximum Gasteiger partial charge on any atom is 0.267 e. The normalized spacial score (nSPS) is 11.8. The molecule has 0 fully saturated rings. The summed E-state index contributed by atoms with van der Waals surface area (Å²) in [5, 5.41) is 6.12. The maximum absolute atomic E-state index is 13.7. The molecule has 1 heterocycles. The van der Waals surface area contributed by atoms with E-state index in [9.17, 15) is 14.0 Å². The summed E-state index contributed by atoms with van der Waals surface area (Å²) in [5.74, 6) is -1.18. The van der Waals surface area contributed by atoms with Crippen LogP contribution in [0.15, 0.2) is 28.8 Å². The monoisotopic (exact) mass is 306 g/mol. The number of ether oxygens (including phenoxy) is 1. The second-order valence-electron chi connectivity index (χ2n) is 4.78. The molecule has 0 aliphatic rings. The highest BCUT2D eigenvalue weighted by atomic mass is 19.1. The minimum atomic E-state index is -0.881. The number of anilines is 1. The Morgan fingerprint density at radius 2 is 2.09 bits per heavy atom. The number of benzene rings is 1. The van der Waals surface area contributed by atoms with Crippen LogP contribution in [0.1, 0.15) is 29.9 Å². The lowest BCUT2D eigenvalue weighted by Gasteiger charge is -2.14. The number of Topliss-reactive ketones (excluding diaryl/α,β-unsaturated/α-hetero) is 1. The van der Waals surface area contributed by atoms with Gasteiger partial charge in [-0.2, -0.15) is 0 Å². The smallest absolute Gasteiger partial charge is 0.267 e. The molecular weight excluding hydrogens is 291 g/mol. The molecule has 1 N–H and O–H groups in total. The minimum Gasteiger partial charge on any atom is -0.481 e. The molecule has 0 spiro atoms. The SMILES string of the molecule is CC(=O)c1ccc(OC(C)C(=O)Nc2cc(C)no2)cc1F. The van der Waals surface area contributed by atoms with Gasteiger partial charge in [-0.3, -0.25) is 14.9 Å². The Hall–Kier alpha value is -2.70. The van der Waals surface area contributed by atoms with Gasteiger partial charge in [0, 0.05) is 12.1 Å². The van der Waals surface area contributed by atoms with Gasteiger partial charge in [0.2, 0.25) is 5.88 Å². The number of ketones is 1. The topological polar surface area (TPSA) is 81.4 Å². The molecule has 1 unspecified atom stereocenters. The van der Waals surface area contributed by atoms with Crippen molar-refractivity contribution in [2.24, 2.45) is 0 Å². The van der Waals surface area contributed by atoms with Gasteiger partial charge in [-0.25, -0.2) is 4.39 Å². The molecule has 1 aromatic heterocycles. The van der Waals surface area contributed by atoms with Crippen molar-refractivity contribution in [3.63, 3.8) is 0 Å². The predicted molar refractivity (Wildman–Crippen MR) is 76.4 cm³/mol. The van der Waals surface area contributed by atoms with E-state index in [2.05, 4.69) is 10.5 Å². The molecule has 0 saturated heterocycles. The van der Waals surface area contributed by atoms with Crippen LogP contribution in [0.3, 0.4) is 0 Å². The van der Waals surface area contributed by atoms with Crippen LogP contribution >= 0.6 is 0 Å². The van der Waals surface area contributed by atoms with Gasteiger partial charge in [0.05, 0.1) is 11.3 Å². The van der Waals surface area contributed by atoms with Crippen molar-refractivity contribution in [3.05, 3.63) is 41.3 Å². The highest BCUT2D eigenvalue weighted by Crippen LogP contribution is 2.19. The Morgan fingerprint density at radius 1 is 1.36 bits per heavy atom. The first-order valence-electron chi connectivity index (χ1n) is 6.58. The van der Waals surface area contributed by atoms with Gasteiger partial charge < -0.3 is 9.26 Å². The fourth-order valence-corrected chi connectivity index (χ4v) is 1.76. The molecule has 0 bridgehead atoms. The Morgan fingerprint density at radius 3 is 2.64 bits per heavy atom. The molecule has 6 nitrogen and oxygen atoms in total. The Balaban J connectivity index is 2.02. The predicted octanol–water partition coefficient (Wildman–Crippen LogP) is 2.73. The van der Waals surface area contributed by atoms with Crippen LogP contribution in [0.4, 0.5) is 10.3 Å². The number of nitrogens with one attached hydrogen (secondary N) is 1. The van der Waals surface area contributed by atoms with E-state index >= 15 is 0 Å². The van der Waals surface area contributed by atoms with Crippen LogP contribution < -0.4 is 10.1 Å². The summed E-state index contributed by atoms with van der Waals surface area (Å²) in [6.45, 7) is 4.50. The van der Waals surface area contributed by atoms with Crippen LogP contribution in [0.2, 0.25) is 0 Å². The van der Waals surface area contributed by atoms with Gasteiger partial charge in [0.25, 0.3) is 5.91 Å². The number of halogens is 1. The number of amides is 1. The van der Waals surface area contributed by atoms with Crippen molar-refractivity contribution < 1.29 is 23.2 Å². The second kappa shape index (κ2) is 6.38. The van der Waals surface area contributed by atoms with Crippen molar-refractivity contribution in [2.75, 3.05) is 5.32 Å². The third-order valence-electron chi connectivity index (χ3n) is 2.88. The van der Waals surface area contributed by atoms with Gasteiger partial charge in [-0.05, 0) is 32.9 Å². The zero-order valence-corrected chi connectivity index (χ0v) is 12.3. The van der Waals surface area contributed by atoms with E-state index in [1.807, 2.05) is 0 Å². The van der Waals surface area contributed by atoms with Crippen molar-refractivity contribution in [1.29, 1.82) is 0 Å². The Bertz CT molecular complexity index is 711. The number of aromatic nitrogens is 1. The summed E-state index contributed by atoms with van der Waals surface area (Å²) in [6.07, 6.45) is -0.881. The van der Waals surface area contributed by atoms with Gasteiger partial charge in [0.1, 0.15) is 11.6 Å². The first kappa shape index (κ1) is 15.7. The fourth-order valence-electron chi connectivity index (χ4n) is 1.76. The molecule has 0 radical (unpaired) electrons. The van der Waals surface area contributed by atoms with Crippen LogP contribution in [0.5, 0.6) is 5.75 Å². The summed E-state index contributed by atoms with van der Waals surface area (Å²) in [6, 6.07) is 5.38. The lowest BCUT2D eigenvalue weighted by molar-refractivity contribution is -0.122. The van der Waals surface area contributed by atoms with E-state index in [1.54, 1.807) is 13.0 Å². The second-order valence-corrected chi connectivity index (χ2v) is 4.78. The number of hydrogen-bond donors (Lipinski definition) is 1. The number of aryl methyl sites for hydroxylation is 1. The molecular formula is C15H15FN2O4. The molecule has 22 heavy (non-hydrogen) atoms. The molecule has 7 heteroatoms. The Kier molecular flexibility index (Phi) is 4.55. The molecule has 0 aliphatic heterocycles. The average molecular weight is 306 g/mol. The van der Waals surface area contributed by atoms with Gasteiger partial charge >= 0.3 is 0 Å². The number of carbonyl (C=O) groups excluding carboxylic acids is 2. The highest BCUT2D eigenvalue weighted by molar-refractivity contribution is 5.94. The largest absolute Gasteiger partial charge is 0.481 e. The maximum atomic E-state index is 13.7. The van der Waals surface area contributed by atoms with Crippen LogP contribution in [-0.2, 0) is 4.79 Å². The molecule has 1 aromatic carbocycles. The standard InChI is InChI=1S/C15H15FN2O4/c1-8-6-14(22-18-8)17-15(20)10(3)21-11-4-5-12(9(2)19)13(16)7-11/h4-7,10H,1-3H3,(H,17,20). The van der Waals surface area contributed by atoms with Crippen LogP contribution in [0.25, 0.3) is 0 Å². The molecule has 1 amide bonds. The average Bonchev–Trinajstić information content (AvgIpc) is 2.83. The van der Waals surface area contributed by atoms with E-state index < -0.39 is 17.8 Å². The van der Waals surface area contributed by atoms with Crippen molar-refractivity contribution in [2.45, 2.75) is 26.9 Å². The molecule has 116 valence electrons. The number of rotatable bonds is 5. The number of carbonyl (C=O) groups is 2. The Labute approximate surface area is 126 Å².